The van der Waals surface area contributed by atoms with E-state index in [0.717, 1.165) is 6.42 Å². The molecule has 1 aliphatic heterocycles. The molecule has 0 atom stereocenters. The lowest BCUT2D eigenvalue weighted by molar-refractivity contribution is 1.17. The zero-order valence-corrected chi connectivity index (χ0v) is 11.1. The second-order valence-corrected chi connectivity index (χ2v) is 6.91. The topological polar surface area (TPSA) is 15.8 Å². The number of allylic oxidation sites excluding steroid dienone is 2. The van der Waals surface area contributed by atoms with Gasteiger partial charge in [0.25, 0.3) is 0 Å². The molecule has 0 saturated heterocycles. The Labute approximate surface area is 95.4 Å². The van der Waals surface area contributed by atoms with Gasteiger partial charge in [0.2, 0.25) is 0 Å². The number of aryl methyl sites for hydroxylation is 1. The van der Waals surface area contributed by atoms with Crippen LogP contribution in [0, 0.1) is 6.92 Å². The number of rotatable bonds is 1. The Hall–Kier alpha value is -0.380. The van der Waals surface area contributed by atoms with Crippen molar-refractivity contribution in [1.29, 1.82) is 0 Å². The molecule has 1 aromatic rings. The zero-order valence-electron chi connectivity index (χ0n) is 8.95. The number of fused-ring (bicyclic) bond motifs is 1. The van der Waals surface area contributed by atoms with Crippen molar-refractivity contribution in [2.45, 2.75) is 27.2 Å². The van der Waals surface area contributed by atoms with E-state index >= 15 is 0 Å². The van der Waals surface area contributed by atoms with E-state index in [-0.39, 0.29) is 20.7 Å². The fourth-order valence-electron chi connectivity index (χ4n) is 1.86. The van der Waals surface area contributed by atoms with Crippen molar-refractivity contribution in [3.63, 3.8) is 0 Å². The van der Waals surface area contributed by atoms with E-state index in [0.29, 0.717) is 0 Å². The average molecular weight is 301 g/mol. The van der Waals surface area contributed by atoms with Crippen LogP contribution in [0.3, 0.4) is 0 Å². The smallest absolute Gasteiger partial charge is 0.0492 e. The van der Waals surface area contributed by atoms with Crippen molar-refractivity contribution in [3.05, 3.63) is 29.1 Å². The summed E-state index contributed by atoms with van der Waals surface area (Å²) in [6, 6.07) is 2.30. The van der Waals surface area contributed by atoms with Gasteiger partial charge in [0, 0.05) is 21.4 Å². The van der Waals surface area contributed by atoms with Crippen LogP contribution in [0.25, 0.3) is 5.57 Å². The first kappa shape index (κ1) is 10.1. The highest BCUT2D eigenvalue weighted by molar-refractivity contribution is 14.2. The van der Waals surface area contributed by atoms with Crippen molar-refractivity contribution in [2.75, 3.05) is 4.43 Å². The van der Waals surface area contributed by atoms with E-state index in [1.807, 2.05) is 0 Å². The first-order valence-corrected chi connectivity index (χ1v) is 7.65. The molecule has 2 rings (SSSR count). The SMILES string of the molecule is CCC1=CCI=C(C)c2cc(C)[nH]c21. The summed E-state index contributed by atoms with van der Waals surface area (Å²) < 4.78 is 2.93. The average Bonchev–Trinajstić information content (AvgIpc) is 2.48. The quantitative estimate of drug-likeness (QED) is 0.602. The predicted molar refractivity (Wildman–Crippen MR) is 72.5 cm³/mol. The van der Waals surface area contributed by atoms with Crippen molar-refractivity contribution < 1.29 is 0 Å². The molecular weight excluding hydrogens is 285 g/mol. The lowest BCUT2D eigenvalue weighted by atomic mass is 10.0. The fourth-order valence-corrected chi connectivity index (χ4v) is 4.11. The molecule has 1 aromatic heterocycles. The highest BCUT2D eigenvalue weighted by Gasteiger charge is 2.13. The van der Waals surface area contributed by atoms with Crippen molar-refractivity contribution in [1.82, 2.24) is 4.98 Å². The standard InChI is InChI=1S/C12H16IN/c1-4-10-5-6-13-9(3)11-7-8(2)14-12(10)11/h5,7,14H,4,6H2,1-3H3. The third-order valence-corrected chi connectivity index (χ3v) is 5.23. The number of hydrogen-bond donors (Lipinski definition) is 1. The van der Waals surface area contributed by atoms with Crippen LogP contribution < -0.4 is 0 Å². The first-order valence-electron chi connectivity index (χ1n) is 5.04. The van der Waals surface area contributed by atoms with Gasteiger partial charge >= 0.3 is 0 Å². The van der Waals surface area contributed by atoms with Crippen LogP contribution in [-0.4, -0.2) is 12.9 Å². The lowest BCUT2D eigenvalue weighted by Crippen LogP contribution is -1.93. The Bertz CT molecular complexity index is 410. The van der Waals surface area contributed by atoms with Crippen LogP contribution in [0.4, 0.5) is 0 Å². The number of aromatic amines is 1. The molecular formula is C12H16IN. The molecule has 14 heavy (non-hydrogen) atoms. The summed E-state index contributed by atoms with van der Waals surface area (Å²) in [5.41, 5.74) is 5.67. The van der Waals surface area contributed by atoms with Gasteiger partial charge in [0.05, 0.1) is 0 Å². The monoisotopic (exact) mass is 301 g/mol. The lowest BCUT2D eigenvalue weighted by Gasteiger charge is -2.03. The second kappa shape index (κ2) is 4.01. The number of halogens is 1. The van der Waals surface area contributed by atoms with Gasteiger partial charge in [-0.05, 0) is 35.4 Å². The number of aromatic nitrogens is 1. The zero-order chi connectivity index (χ0) is 10.1. The summed E-state index contributed by atoms with van der Waals surface area (Å²) in [5, 5.41) is 0. The molecule has 0 fully saturated rings. The van der Waals surface area contributed by atoms with Gasteiger partial charge in [0.1, 0.15) is 0 Å². The van der Waals surface area contributed by atoms with Gasteiger partial charge in [-0.15, -0.1) is 20.7 Å². The van der Waals surface area contributed by atoms with E-state index in [9.17, 15) is 0 Å². The number of nitrogens with one attached hydrogen (secondary N) is 1. The van der Waals surface area contributed by atoms with Gasteiger partial charge in [-0.25, -0.2) is 0 Å². The number of hydrogen-bond acceptors (Lipinski definition) is 0. The van der Waals surface area contributed by atoms with E-state index in [2.05, 4.69) is 37.9 Å². The Morgan fingerprint density at radius 2 is 2.21 bits per heavy atom. The van der Waals surface area contributed by atoms with E-state index < -0.39 is 0 Å². The molecule has 0 unspecified atom stereocenters. The summed E-state index contributed by atoms with van der Waals surface area (Å²) in [5.74, 6) is 0. The molecule has 1 nitrogen and oxygen atoms in total. The van der Waals surface area contributed by atoms with Crippen LogP contribution >= 0.6 is 20.7 Å². The van der Waals surface area contributed by atoms with Crippen molar-refractivity contribution >= 4 is 29.8 Å². The minimum Gasteiger partial charge on any atom is -0.358 e. The van der Waals surface area contributed by atoms with Gasteiger partial charge < -0.3 is 4.98 Å². The summed E-state index contributed by atoms with van der Waals surface area (Å²) in [6.07, 6.45) is 3.57. The Morgan fingerprint density at radius 3 is 2.93 bits per heavy atom. The van der Waals surface area contributed by atoms with Crippen LogP contribution in [0.2, 0.25) is 0 Å². The normalized spacial score (nSPS) is 16.2. The van der Waals surface area contributed by atoms with Gasteiger partial charge in [-0.3, -0.25) is 0 Å². The van der Waals surface area contributed by atoms with E-state index in [4.69, 9.17) is 0 Å². The molecule has 0 spiro atoms. The maximum Gasteiger partial charge on any atom is 0.0492 e. The summed E-state index contributed by atoms with van der Waals surface area (Å²) in [6.45, 7) is 6.68. The molecule has 76 valence electrons. The summed E-state index contributed by atoms with van der Waals surface area (Å²) >= 11 is 0.236. The van der Waals surface area contributed by atoms with E-state index in [1.165, 1.54) is 27.0 Å². The molecule has 0 amide bonds. The Balaban J connectivity index is 2.59. The Kier molecular flexibility index (Phi) is 2.91. The van der Waals surface area contributed by atoms with Gasteiger partial charge in [0.15, 0.2) is 0 Å². The molecule has 2 heteroatoms. The minimum absolute atomic E-state index is 0.236. The maximum absolute atomic E-state index is 3.50. The van der Waals surface area contributed by atoms with E-state index in [1.54, 1.807) is 3.51 Å². The van der Waals surface area contributed by atoms with Crippen molar-refractivity contribution in [3.8, 4) is 0 Å². The number of H-pyrrole nitrogens is 1. The molecule has 0 radical (unpaired) electrons. The minimum atomic E-state index is 0.236. The fraction of sp³-hybridized carbons (Fsp3) is 0.417. The molecule has 1 aliphatic rings. The molecule has 1 N–H and O–H groups in total. The van der Waals surface area contributed by atoms with Crippen LogP contribution in [0.1, 0.15) is 37.2 Å². The first-order chi connectivity index (χ1) is 6.72. The van der Waals surface area contributed by atoms with Crippen LogP contribution in [0.15, 0.2) is 12.1 Å². The third-order valence-electron chi connectivity index (χ3n) is 2.63. The molecule has 0 saturated carbocycles. The van der Waals surface area contributed by atoms with Crippen molar-refractivity contribution in [2.24, 2.45) is 0 Å². The van der Waals surface area contributed by atoms with Crippen LogP contribution in [-0.2, 0) is 0 Å². The molecule has 0 aromatic carbocycles. The van der Waals surface area contributed by atoms with Gasteiger partial charge in [-0.1, -0.05) is 13.0 Å². The molecule has 2 heterocycles. The highest BCUT2D eigenvalue weighted by atomic mass is 127. The third kappa shape index (κ3) is 1.72. The maximum atomic E-state index is 3.50. The Morgan fingerprint density at radius 1 is 1.43 bits per heavy atom. The molecule has 0 aliphatic carbocycles. The van der Waals surface area contributed by atoms with Gasteiger partial charge in [-0.2, -0.15) is 0 Å². The summed E-state index contributed by atoms with van der Waals surface area (Å²) in [4.78, 5) is 3.50. The largest absolute Gasteiger partial charge is 0.358 e. The number of alkyl halides is 1. The van der Waals surface area contributed by atoms with Crippen LogP contribution in [0.5, 0.6) is 0 Å². The molecule has 0 bridgehead atoms. The highest BCUT2D eigenvalue weighted by Crippen LogP contribution is 2.28. The summed E-state index contributed by atoms with van der Waals surface area (Å²) in [7, 11) is 0. The second-order valence-electron chi connectivity index (χ2n) is 3.65. The predicted octanol–water partition coefficient (Wildman–Crippen LogP) is 3.64.